The predicted octanol–water partition coefficient (Wildman–Crippen LogP) is 2.89. The van der Waals surface area contributed by atoms with Crippen LogP contribution in [0.1, 0.15) is 44.2 Å². The van der Waals surface area contributed by atoms with E-state index in [0.29, 0.717) is 25.6 Å². The molecule has 2 saturated heterocycles. The van der Waals surface area contributed by atoms with Crippen LogP contribution in [0.2, 0.25) is 0 Å². The van der Waals surface area contributed by atoms with Crippen molar-refractivity contribution in [3.8, 4) is 5.82 Å². The van der Waals surface area contributed by atoms with Crippen molar-refractivity contribution in [3.63, 3.8) is 0 Å². The van der Waals surface area contributed by atoms with Crippen molar-refractivity contribution in [2.24, 2.45) is 0 Å². The largest absolute Gasteiger partial charge is 0.348 e. The van der Waals surface area contributed by atoms with E-state index in [1.54, 1.807) is 12.3 Å². The van der Waals surface area contributed by atoms with E-state index in [0.717, 1.165) is 37.4 Å². The van der Waals surface area contributed by atoms with E-state index >= 15 is 0 Å². The van der Waals surface area contributed by atoms with E-state index in [1.807, 2.05) is 29.8 Å². The lowest BCUT2D eigenvalue weighted by Gasteiger charge is -2.44. The maximum absolute atomic E-state index is 13.2. The molecule has 160 valence electrons. The fourth-order valence-electron chi connectivity index (χ4n) is 4.95. The number of nitrogens with zero attached hydrogens (tertiary/aromatic N) is 5. The van der Waals surface area contributed by atoms with Crippen molar-refractivity contribution in [2.45, 2.75) is 50.0 Å². The minimum absolute atomic E-state index is 0.0323. The third-order valence-corrected chi connectivity index (χ3v) is 6.97. The SMILES string of the molecule is C[C@@H](c1ccc(-n2cc(F)cn2)nc1)N1CC2(CCC3(CC2)OCCO3)N(C)C1=O. The van der Waals surface area contributed by atoms with Gasteiger partial charge in [-0.3, -0.25) is 0 Å². The minimum atomic E-state index is -0.445. The standard InChI is InChI=1S/C21H26FN5O3/c1-15(16-3-4-18(23-11-16)27-13-17(22)12-24-27)26-14-20(25(2)19(26)28)5-7-21(8-6-20)29-9-10-30-21/h3-4,11-13,15H,5-10,14H2,1-2H3/t15-/m0/s1. The van der Waals surface area contributed by atoms with E-state index in [-0.39, 0.29) is 17.6 Å². The number of rotatable bonds is 3. The summed E-state index contributed by atoms with van der Waals surface area (Å²) in [6.07, 6.45) is 7.50. The van der Waals surface area contributed by atoms with Crippen molar-refractivity contribution >= 4 is 6.03 Å². The number of hydrogen-bond acceptors (Lipinski definition) is 5. The topological polar surface area (TPSA) is 72.7 Å². The van der Waals surface area contributed by atoms with E-state index in [1.165, 1.54) is 10.9 Å². The molecule has 1 aliphatic carbocycles. The molecule has 0 unspecified atom stereocenters. The first kappa shape index (κ1) is 19.4. The summed E-state index contributed by atoms with van der Waals surface area (Å²) in [6.45, 7) is 3.99. The number of hydrogen-bond donors (Lipinski definition) is 0. The maximum Gasteiger partial charge on any atom is 0.320 e. The van der Waals surface area contributed by atoms with Crippen molar-refractivity contribution in [2.75, 3.05) is 26.8 Å². The highest BCUT2D eigenvalue weighted by Crippen LogP contribution is 2.46. The van der Waals surface area contributed by atoms with Gasteiger partial charge in [0.05, 0.1) is 37.2 Å². The van der Waals surface area contributed by atoms with Gasteiger partial charge in [-0.2, -0.15) is 5.10 Å². The van der Waals surface area contributed by atoms with Crippen LogP contribution in [0.15, 0.2) is 30.7 Å². The van der Waals surface area contributed by atoms with Crippen LogP contribution < -0.4 is 0 Å². The molecule has 4 heterocycles. The normalized spacial score (nSPS) is 23.6. The highest BCUT2D eigenvalue weighted by Gasteiger charge is 2.54. The van der Waals surface area contributed by atoms with Crippen LogP contribution in [-0.2, 0) is 9.47 Å². The van der Waals surface area contributed by atoms with Crippen molar-refractivity contribution in [3.05, 3.63) is 42.1 Å². The molecule has 2 spiro atoms. The number of halogens is 1. The van der Waals surface area contributed by atoms with Gasteiger partial charge in [0.15, 0.2) is 17.4 Å². The van der Waals surface area contributed by atoms with Gasteiger partial charge in [0, 0.05) is 32.6 Å². The van der Waals surface area contributed by atoms with Crippen molar-refractivity contribution in [1.82, 2.24) is 24.6 Å². The van der Waals surface area contributed by atoms with Crippen LogP contribution in [-0.4, -0.2) is 68.7 Å². The van der Waals surface area contributed by atoms with Gasteiger partial charge in [0.1, 0.15) is 0 Å². The van der Waals surface area contributed by atoms with E-state index in [2.05, 4.69) is 10.1 Å². The molecule has 9 heteroatoms. The third kappa shape index (κ3) is 3.07. The van der Waals surface area contributed by atoms with Gasteiger partial charge in [0.25, 0.3) is 0 Å². The second-order valence-electron chi connectivity index (χ2n) is 8.53. The first-order valence-electron chi connectivity index (χ1n) is 10.4. The van der Waals surface area contributed by atoms with Crippen molar-refractivity contribution < 1.29 is 18.7 Å². The summed E-state index contributed by atoms with van der Waals surface area (Å²) >= 11 is 0. The molecule has 30 heavy (non-hydrogen) atoms. The lowest BCUT2D eigenvalue weighted by atomic mass is 9.78. The Morgan fingerprint density at radius 2 is 1.87 bits per heavy atom. The van der Waals surface area contributed by atoms with E-state index in [4.69, 9.17) is 9.47 Å². The molecular formula is C21H26FN5O3. The van der Waals surface area contributed by atoms with E-state index in [9.17, 15) is 9.18 Å². The molecule has 2 aromatic heterocycles. The third-order valence-electron chi connectivity index (χ3n) is 6.97. The Hall–Kier alpha value is -2.52. The molecule has 0 bridgehead atoms. The molecule has 0 aromatic carbocycles. The summed E-state index contributed by atoms with van der Waals surface area (Å²) < 4.78 is 26.3. The quantitative estimate of drug-likeness (QED) is 0.771. The fourth-order valence-corrected chi connectivity index (χ4v) is 4.95. The lowest BCUT2D eigenvalue weighted by Crippen LogP contribution is -2.51. The number of amides is 2. The fraction of sp³-hybridized carbons (Fsp3) is 0.571. The monoisotopic (exact) mass is 415 g/mol. The Morgan fingerprint density at radius 3 is 2.47 bits per heavy atom. The molecule has 2 aromatic rings. The number of pyridine rings is 1. The van der Waals surface area contributed by atoms with Crippen LogP contribution in [0.25, 0.3) is 5.82 Å². The zero-order chi connectivity index (χ0) is 20.9. The first-order chi connectivity index (χ1) is 14.4. The Bertz CT molecular complexity index is 930. The molecule has 8 nitrogen and oxygen atoms in total. The second-order valence-corrected chi connectivity index (χ2v) is 8.53. The van der Waals surface area contributed by atoms with Gasteiger partial charge in [-0.25, -0.2) is 18.9 Å². The minimum Gasteiger partial charge on any atom is -0.348 e. The molecule has 3 aliphatic rings. The van der Waals surface area contributed by atoms with Gasteiger partial charge in [0.2, 0.25) is 0 Å². The summed E-state index contributed by atoms with van der Waals surface area (Å²) in [4.78, 5) is 21.3. The second kappa shape index (κ2) is 7.02. The number of carbonyl (C=O) groups is 1. The van der Waals surface area contributed by atoms with Gasteiger partial charge in [-0.05, 0) is 31.4 Å². The molecule has 2 amide bonds. The molecule has 1 saturated carbocycles. The summed E-state index contributed by atoms with van der Waals surface area (Å²) in [5.41, 5.74) is 0.742. The number of carbonyl (C=O) groups excluding carboxylic acids is 1. The zero-order valence-electron chi connectivity index (χ0n) is 17.3. The predicted molar refractivity (Wildman–Crippen MR) is 105 cm³/mol. The summed E-state index contributed by atoms with van der Waals surface area (Å²) in [5.74, 6) is -0.321. The van der Waals surface area contributed by atoms with Crippen LogP contribution in [0.5, 0.6) is 0 Å². The molecule has 3 fully saturated rings. The summed E-state index contributed by atoms with van der Waals surface area (Å²) in [5, 5.41) is 3.93. The highest BCUT2D eigenvalue weighted by molar-refractivity contribution is 5.78. The van der Waals surface area contributed by atoms with Crippen LogP contribution >= 0.6 is 0 Å². The number of urea groups is 1. The van der Waals surface area contributed by atoms with Crippen LogP contribution in [0, 0.1) is 5.82 Å². The maximum atomic E-state index is 13.2. The smallest absolute Gasteiger partial charge is 0.320 e. The van der Waals surface area contributed by atoms with Gasteiger partial charge < -0.3 is 19.3 Å². The first-order valence-corrected chi connectivity index (χ1v) is 10.4. The average molecular weight is 415 g/mol. The molecule has 2 aliphatic heterocycles. The Labute approximate surface area is 174 Å². The number of ether oxygens (including phenoxy) is 2. The average Bonchev–Trinajstić information content (AvgIpc) is 3.46. The molecule has 0 radical (unpaired) electrons. The van der Waals surface area contributed by atoms with Gasteiger partial charge in [-0.15, -0.1) is 0 Å². The molecular weight excluding hydrogens is 389 g/mol. The highest BCUT2D eigenvalue weighted by atomic mass is 19.1. The van der Waals surface area contributed by atoms with Gasteiger partial charge in [-0.1, -0.05) is 6.07 Å². The Kier molecular flexibility index (Phi) is 4.55. The Balaban J connectivity index is 1.31. The van der Waals surface area contributed by atoms with E-state index < -0.39 is 11.6 Å². The molecule has 0 N–H and O–H groups in total. The zero-order valence-corrected chi connectivity index (χ0v) is 17.3. The molecule has 5 rings (SSSR count). The van der Waals surface area contributed by atoms with Gasteiger partial charge >= 0.3 is 6.03 Å². The Morgan fingerprint density at radius 1 is 1.13 bits per heavy atom. The number of likely N-dealkylation sites (N-methyl/N-ethyl adjacent to an activating group) is 1. The van der Waals surface area contributed by atoms with Crippen LogP contribution in [0.3, 0.4) is 0 Å². The summed E-state index contributed by atoms with van der Waals surface area (Å²) in [6, 6.07) is 3.62. The summed E-state index contributed by atoms with van der Waals surface area (Å²) in [7, 11) is 1.90. The molecule has 1 atom stereocenters. The van der Waals surface area contributed by atoms with Crippen molar-refractivity contribution in [1.29, 1.82) is 0 Å². The van der Waals surface area contributed by atoms with Crippen LogP contribution in [0.4, 0.5) is 9.18 Å². The lowest BCUT2D eigenvalue weighted by molar-refractivity contribution is -0.189. The number of aromatic nitrogens is 3.